The van der Waals surface area contributed by atoms with Crippen LogP contribution in [0.25, 0.3) is 0 Å². The first kappa shape index (κ1) is 89.4. The third-order valence-corrected chi connectivity index (χ3v) is 17.6. The molecule has 99 heavy (non-hydrogen) atoms. The lowest BCUT2D eigenvalue weighted by Crippen LogP contribution is -2.52. The number of hydrogen-bond donors (Lipinski definition) is 16. The molecule has 0 aromatic heterocycles. The van der Waals surface area contributed by atoms with Gasteiger partial charge in [0.15, 0.2) is 40.8 Å². The van der Waals surface area contributed by atoms with Crippen molar-refractivity contribution in [2.75, 3.05) is 44.8 Å². The Bertz CT molecular complexity index is 2800. The van der Waals surface area contributed by atoms with Gasteiger partial charge in [-0.2, -0.15) is 11.8 Å². The van der Waals surface area contributed by atoms with Gasteiger partial charge in [-0.3, -0.25) is 67.5 Å². The second kappa shape index (κ2) is 49.0. The number of benzene rings is 1. The second-order valence-corrected chi connectivity index (χ2v) is 27.5. The summed E-state index contributed by atoms with van der Waals surface area (Å²) in [6.07, 6.45) is 0.263. The van der Waals surface area contributed by atoms with E-state index in [1.165, 1.54) is 36.0 Å². The fourth-order valence-corrected chi connectivity index (χ4v) is 11.9. The molecule has 0 heterocycles. The molecule has 0 aliphatic carbocycles. The molecule has 0 radical (unpaired) electrons. The molecule has 0 aliphatic heterocycles. The second-order valence-electron chi connectivity index (χ2n) is 26.5. The van der Waals surface area contributed by atoms with Crippen molar-refractivity contribution >= 4 is 94.0 Å². The highest BCUT2D eigenvalue weighted by atomic mass is 32.2. The summed E-state index contributed by atoms with van der Waals surface area (Å²) < 4.78 is 0. The van der Waals surface area contributed by atoms with Gasteiger partial charge in [-0.05, 0) is 151 Å². The number of carbonyl (C=O) groups is 12. The van der Waals surface area contributed by atoms with Gasteiger partial charge >= 0.3 is 5.97 Å². The van der Waals surface area contributed by atoms with Crippen LogP contribution in [0, 0.1) is 47.3 Å². The lowest BCUT2D eigenvalue weighted by molar-refractivity contribution is -0.143. The summed E-state index contributed by atoms with van der Waals surface area (Å²) in [5.41, 5.74) is 39.8. The number of nitrogens with one attached hydrogen (secondary N) is 5. The van der Waals surface area contributed by atoms with Gasteiger partial charge in [0, 0.05) is 74.8 Å². The average Bonchev–Trinajstić information content (AvgIpc) is 0.863. The van der Waals surface area contributed by atoms with Crippen molar-refractivity contribution in [1.29, 1.82) is 0 Å². The molecular weight excluding hydrogens is 1300 g/mol. The monoisotopic (exact) mass is 1420 g/mol. The molecule has 0 spiro atoms. The molecule has 23 N–H and O–H groups in total. The number of Topliss-reactive ketones (excluding diaryl/α,β-unsaturated/α-hetero) is 5. The number of hydrogen-bond acceptors (Lipinski definition) is 20. The van der Waals surface area contributed by atoms with Crippen molar-refractivity contribution in [3.63, 3.8) is 0 Å². The molecule has 0 bridgehead atoms. The predicted octanol–water partition coefficient (Wildman–Crippen LogP) is 0.805. The van der Waals surface area contributed by atoms with Crippen LogP contribution in [0.2, 0.25) is 0 Å². The lowest BCUT2D eigenvalue weighted by Gasteiger charge is -2.27. The Kier molecular flexibility index (Phi) is 44.3. The smallest absolute Gasteiger partial charge is 0.304 e. The fourth-order valence-electron chi connectivity index (χ4n) is 11.4. The van der Waals surface area contributed by atoms with Crippen molar-refractivity contribution in [3.8, 4) is 5.75 Å². The number of aliphatic imine (C=N–C) groups is 2. The van der Waals surface area contributed by atoms with E-state index in [-0.39, 0.29) is 144 Å². The molecule has 31 heteroatoms. The number of aliphatic hydroxyl groups is 2. The van der Waals surface area contributed by atoms with E-state index in [2.05, 4.69) is 36.6 Å². The number of nitrogens with zero attached hydrogens (tertiary/aromatic N) is 2. The number of rotatable bonds is 56. The van der Waals surface area contributed by atoms with E-state index in [4.69, 9.17) is 40.1 Å². The first-order chi connectivity index (χ1) is 46.7. The fraction of sp³-hybridized carbons (Fsp3) is 0.706. The number of aliphatic hydroxyl groups excluding tert-OH is 2. The quantitative estimate of drug-likeness (QED) is 0.0244. The summed E-state index contributed by atoms with van der Waals surface area (Å²) in [5.74, 6) is -16.5. The number of primary amides is 1. The van der Waals surface area contributed by atoms with Crippen molar-refractivity contribution in [2.45, 2.75) is 213 Å². The zero-order chi connectivity index (χ0) is 74.9. The summed E-state index contributed by atoms with van der Waals surface area (Å²) in [5, 5.41) is 55.1. The summed E-state index contributed by atoms with van der Waals surface area (Å²) in [6, 6.07) is -1.20. The average molecular weight is 1420 g/mol. The largest absolute Gasteiger partial charge is 0.508 e. The van der Waals surface area contributed by atoms with Gasteiger partial charge in [0.25, 0.3) is 0 Å². The van der Waals surface area contributed by atoms with E-state index in [1.807, 2.05) is 34.6 Å². The van der Waals surface area contributed by atoms with Crippen molar-refractivity contribution in [3.05, 3.63) is 29.8 Å². The van der Waals surface area contributed by atoms with Crippen LogP contribution in [-0.2, 0) is 64.0 Å². The molecule has 1 aromatic rings. The van der Waals surface area contributed by atoms with Crippen LogP contribution in [0.1, 0.15) is 176 Å². The highest BCUT2D eigenvalue weighted by Crippen LogP contribution is 2.25. The number of carboxylic acid groups (broad SMARTS) is 1. The first-order valence-corrected chi connectivity index (χ1v) is 35.8. The zero-order valence-electron chi connectivity index (χ0n) is 59.0. The number of unbranched alkanes of at least 4 members (excludes halogenated alkanes) is 2. The third kappa shape index (κ3) is 36.9. The molecule has 0 aliphatic rings. The molecule has 0 saturated carbocycles. The van der Waals surface area contributed by atoms with E-state index >= 15 is 0 Å². The Labute approximate surface area is 586 Å². The maximum Gasteiger partial charge on any atom is 0.304 e. The summed E-state index contributed by atoms with van der Waals surface area (Å²) >= 11 is 1.31. The minimum atomic E-state index is -1.80. The molecule has 30 nitrogen and oxygen atoms in total. The molecule has 560 valence electrons. The number of phenolic OH excluding ortho intramolecular Hbond substituents is 1. The van der Waals surface area contributed by atoms with Gasteiger partial charge in [0.1, 0.15) is 17.8 Å². The molecule has 1 aromatic carbocycles. The van der Waals surface area contributed by atoms with Gasteiger partial charge in [-0.1, -0.05) is 53.2 Å². The zero-order valence-corrected chi connectivity index (χ0v) is 59.8. The van der Waals surface area contributed by atoms with E-state index in [9.17, 15) is 78.0 Å². The van der Waals surface area contributed by atoms with E-state index in [0.717, 1.165) is 19.8 Å². The summed E-state index contributed by atoms with van der Waals surface area (Å²) in [7, 11) is 0. The van der Waals surface area contributed by atoms with Crippen LogP contribution in [0.4, 0.5) is 0 Å². The number of nitrogens with two attached hydrogens (primary N) is 7. The van der Waals surface area contributed by atoms with Crippen LogP contribution in [0.3, 0.4) is 0 Å². The summed E-state index contributed by atoms with van der Waals surface area (Å²) in [6.45, 7) is 10.4. The Morgan fingerprint density at radius 2 is 0.899 bits per heavy atom. The topological polar surface area (TPSA) is 553 Å². The van der Waals surface area contributed by atoms with Crippen LogP contribution < -0.4 is 66.7 Å². The van der Waals surface area contributed by atoms with Crippen molar-refractivity contribution in [1.82, 2.24) is 26.6 Å². The Morgan fingerprint density at radius 3 is 1.38 bits per heavy atom. The number of aliphatic carboxylic acids is 1. The molecule has 12 atom stereocenters. The molecule has 0 saturated heterocycles. The van der Waals surface area contributed by atoms with E-state index in [0.29, 0.717) is 31.4 Å². The van der Waals surface area contributed by atoms with Crippen LogP contribution in [-0.4, -0.2) is 184 Å². The number of carboxylic acids is 1. The molecule has 6 amide bonds. The van der Waals surface area contributed by atoms with Crippen molar-refractivity contribution in [2.24, 2.45) is 97.5 Å². The van der Waals surface area contributed by atoms with Gasteiger partial charge in [0.2, 0.25) is 35.4 Å². The minimum Gasteiger partial charge on any atom is -0.508 e. The number of amides is 6. The van der Waals surface area contributed by atoms with Crippen LogP contribution in [0.15, 0.2) is 34.3 Å². The number of phenols is 1. The number of guanidine groups is 2. The van der Waals surface area contributed by atoms with Crippen molar-refractivity contribution < 1.29 is 78.0 Å². The van der Waals surface area contributed by atoms with E-state index < -0.39 is 163 Å². The highest BCUT2D eigenvalue weighted by molar-refractivity contribution is 7.98. The highest BCUT2D eigenvalue weighted by Gasteiger charge is 2.38. The molecule has 1 rings (SSSR count). The Morgan fingerprint density at radius 1 is 0.485 bits per heavy atom. The van der Waals surface area contributed by atoms with Gasteiger partial charge in [-0.25, -0.2) is 0 Å². The summed E-state index contributed by atoms with van der Waals surface area (Å²) in [4.78, 5) is 175. The number of aromatic hydroxyl groups is 1. The third-order valence-electron chi connectivity index (χ3n) is 17.0. The number of carbonyl (C=O) groups excluding carboxylic acids is 11. The molecule has 0 fully saturated rings. The van der Waals surface area contributed by atoms with Gasteiger partial charge in [-0.15, -0.1) is 0 Å². The minimum absolute atomic E-state index is 0.00135. The van der Waals surface area contributed by atoms with Gasteiger partial charge in [0.05, 0.1) is 43.2 Å². The maximum atomic E-state index is 14.7. The standard InChI is InChI=1S/C68H116N14O16S/c1-8-43(15-9-11-24-69)62(94)80-52(30-40(4)5)56(88)32-44(16-13-26-76-67(72)73)63(95)81-53(38-83)57(89)33-45(23-28-99-7)64(96)82-60(41(6)84)58(90)36-48(37-59(91)92)66(98)78-50(17-10-12-25-70)55(87)35-47(31-42-19-21-49(85)22-20-42)65(97)79-51(18-14-27-77-68(74)75)54(86)34-46(61(71)93)29-39(2)3/h19-22,39-41,43-48,50-53,60,83-85H,8-18,23-38,69-70H2,1-7H3,(H2,71,93)(H,78,98)(H,79,97)(H,80,94)(H,81,95)(H,82,96)(H,91,92)(H4,72,73,76)(H4,74,75,77)/t41-,43+,44-,45-,46-,47-,48+,50+,51+,52+,53+,60+/m1/s1. The maximum absolute atomic E-state index is 14.7. The Hall–Kier alpha value is -7.61. The van der Waals surface area contributed by atoms with Gasteiger partial charge < -0.3 is 87.1 Å². The predicted molar refractivity (Wildman–Crippen MR) is 379 cm³/mol. The number of thioether (sulfide) groups is 1. The normalized spacial score (nSPS) is 15.0. The first-order valence-electron chi connectivity index (χ1n) is 34.4. The van der Waals surface area contributed by atoms with Crippen LogP contribution in [0.5, 0.6) is 5.75 Å². The Balaban J connectivity index is 3.65. The molecule has 0 unspecified atom stereocenters. The molecular formula is C68H116N14O16S. The lowest BCUT2D eigenvalue weighted by atomic mass is 9.87. The SMILES string of the molecule is CC[C@@H](CCCCN)C(=O)N[C@@H](CC(C)C)C(=O)C[C@@H](CCCN=C(N)N)C(=O)N[C@@H](CO)C(=O)C[C@@H](CCSC)C(=O)N[C@H](C(=O)C[C@@H](CC(=O)O)C(=O)N[C@@H](CCCCN)C(=O)C[C@@H](Cc1ccc(O)cc1)C(=O)N[C@@H](CCCN=C(N)N)C(=O)C[C@@H](CC(C)C)C(N)=O)[C@@H](C)O. The van der Waals surface area contributed by atoms with Crippen LogP contribution >= 0.6 is 11.8 Å². The number of ketones is 5. The van der Waals surface area contributed by atoms with E-state index in [1.54, 1.807) is 6.26 Å².